The Balaban J connectivity index is 2.59. The topological polar surface area (TPSA) is 47.6 Å². The number of nitrogens with one attached hydrogen (secondary N) is 1. The summed E-state index contributed by atoms with van der Waals surface area (Å²) >= 11 is 0. The fraction of sp³-hybridized carbons (Fsp3) is 0.500. The maximum absolute atomic E-state index is 11.7. The average molecular weight is 251 g/mol. The van der Waals surface area contributed by atoms with Gasteiger partial charge < -0.3 is 14.8 Å². The Labute approximate surface area is 108 Å². The number of benzene rings is 1. The first-order valence-corrected chi connectivity index (χ1v) is 6.18. The van der Waals surface area contributed by atoms with Crippen LogP contribution >= 0.6 is 0 Å². The normalized spacial score (nSPS) is 9.94. The molecule has 0 aliphatic heterocycles. The fourth-order valence-electron chi connectivity index (χ4n) is 1.64. The summed E-state index contributed by atoms with van der Waals surface area (Å²) in [5, 5.41) is 2.89. The number of rotatable bonds is 7. The van der Waals surface area contributed by atoms with Crippen molar-refractivity contribution >= 4 is 5.91 Å². The summed E-state index contributed by atoms with van der Waals surface area (Å²) < 4.78 is 10.4. The van der Waals surface area contributed by atoms with Gasteiger partial charge in [-0.1, -0.05) is 19.4 Å². The lowest BCUT2D eigenvalue weighted by molar-refractivity contribution is -0.120. The molecule has 0 aromatic heterocycles. The fourth-order valence-corrected chi connectivity index (χ4v) is 1.64. The summed E-state index contributed by atoms with van der Waals surface area (Å²) in [5.41, 5.74) is 0.918. The number of methoxy groups -OCH3 is 2. The maximum Gasteiger partial charge on any atom is 0.224 e. The van der Waals surface area contributed by atoms with Crippen molar-refractivity contribution in [1.29, 1.82) is 0 Å². The third-order valence-corrected chi connectivity index (χ3v) is 2.67. The van der Waals surface area contributed by atoms with Gasteiger partial charge in [0.05, 0.1) is 20.6 Å². The molecule has 0 saturated carbocycles. The van der Waals surface area contributed by atoms with Crippen molar-refractivity contribution in [3.63, 3.8) is 0 Å². The van der Waals surface area contributed by atoms with Crippen LogP contribution in [0.5, 0.6) is 11.5 Å². The highest BCUT2D eigenvalue weighted by molar-refractivity contribution is 5.78. The van der Waals surface area contributed by atoms with Crippen LogP contribution in [0.1, 0.15) is 25.3 Å². The molecule has 100 valence electrons. The lowest BCUT2D eigenvalue weighted by atomic mass is 10.1. The number of carbonyl (C=O) groups excluding carboxylic acids is 1. The third kappa shape index (κ3) is 4.28. The average Bonchev–Trinajstić information content (AvgIpc) is 2.39. The highest BCUT2D eigenvalue weighted by Gasteiger charge is 2.07. The van der Waals surface area contributed by atoms with Crippen LogP contribution < -0.4 is 14.8 Å². The summed E-state index contributed by atoms with van der Waals surface area (Å²) in [6, 6.07) is 5.52. The number of hydrogen-bond donors (Lipinski definition) is 1. The molecule has 1 amide bonds. The Hall–Kier alpha value is -1.71. The molecule has 0 unspecified atom stereocenters. The van der Waals surface area contributed by atoms with Crippen LogP contribution in [0.2, 0.25) is 0 Å². The minimum atomic E-state index is 0.0377. The standard InChI is InChI=1S/C14H21NO3/c1-4-5-8-15-14(16)10-11-6-7-12(17-2)13(9-11)18-3/h6-7,9H,4-5,8,10H2,1-3H3,(H,15,16). The number of carbonyl (C=O) groups is 1. The van der Waals surface area contributed by atoms with Gasteiger partial charge in [-0.25, -0.2) is 0 Å². The molecule has 0 atom stereocenters. The Kier molecular flexibility index (Phi) is 6.05. The highest BCUT2D eigenvalue weighted by Crippen LogP contribution is 2.27. The van der Waals surface area contributed by atoms with E-state index in [1.807, 2.05) is 18.2 Å². The Morgan fingerprint density at radius 1 is 1.22 bits per heavy atom. The van der Waals surface area contributed by atoms with E-state index < -0.39 is 0 Å². The molecule has 1 N–H and O–H groups in total. The molecule has 18 heavy (non-hydrogen) atoms. The molecule has 1 rings (SSSR count). The Bertz CT molecular complexity index is 391. The van der Waals surface area contributed by atoms with Crippen LogP contribution in [0.4, 0.5) is 0 Å². The zero-order valence-electron chi connectivity index (χ0n) is 11.3. The van der Waals surface area contributed by atoms with Crippen LogP contribution in [0, 0.1) is 0 Å². The molecule has 1 aromatic rings. The van der Waals surface area contributed by atoms with E-state index in [0.29, 0.717) is 17.9 Å². The highest BCUT2D eigenvalue weighted by atomic mass is 16.5. The van der Waals surface area contributed by atoms with Gasteiger partial charge in [0.1, 0.15) is 0 Å². The van der Waals surface area contributed by atoms with Crippen molar-refractivity contribution in [3.8, 4) is 11.5 Å². The van der Waals surface area contributed by atoms with E-state index in [-0.39, 0.29) is 5.91 Å². The lowest BCUT2D eigenvalue weighted by Crippen LogP contribution is -2.25. The molecule has 0 aliphatic carbocycles. The van der Waals surface area contributed by atoms with E-state index in [9.17, 15) is 4.79 Å². The second kappa shape index (κ2) is 7.58. The number of ether oxygens (including phenoxy) is 2. The van der Waals surface area contributed by atoms with Gasteiger partial charge in [-0.15, -0.1) is 0 Å². The molecule has 0 bridgehead atoms. The second-order valence-corrected chi connectivity index (χ2v) is 4.07. The zero-order valence-corrected chi connectivity index (χ0v) is 11.3. The van der Waals surface area contributed by atoms with E-state index in [4.69, 9.17) is 9.47 Å². The maximum atomic E-state index is 11.7. The predicted molar refractivity (Wildman–Crippen MR) is 71.2 cm³/mol. The second-order valence-electron chi connectivity index (χ2n) is 4.07. The smallest absolute Gasteiger partial charge is 0.224 e. The lowest BCUT2D eigenvalue weighted by Gasteiger charge is -2.09. The van der Waals surface area contributed by atoms with E-state index >= 15 is 0 Å². The van der Waals surface area contributed by atoms with Gasteiger partial charge in [-0.3, -0.25) is 4.79 Å². The zero-order chi connectivity index (χ0) is 13.4. The molecule has 0 spiro atoms. The monoisotopic (exact) mass is 251 g/mol. The van der Waals surface area contributed by atoms with E-state index in [0.717, 1.165) is 24.9 Å². The first-order valence-electron chi connectivity index (χ1n) is 6.18. The van der Waals surface area contributed by atoms with Crippen molar-refractivity contribution in [3.05, 3.63) is 23.8 Å². The number of unbranched alkanes of at least 4 members (excludes halogenated alkanes) is 1. The predicted octanol–water partition coefficient (Wildman–Crippen LogP) is 2.16. The van der Waals surface area contributed by atoms with Gasteiger partial charge in [0.15, 0.2) is 11.5 Å². The number of hydrogen-bond acceptors (Lipinski definition) is 3. The van der Waals surface area contributed by atoms with Crippen molar-refractivity contribution in [2.45, 2.75) is 26.2 Å². The molecular formula is C14H21NO3. The quantitative estimate of drug-likeness (QED) is 0.755. The van der Waals surface area contributed by atoms with Crippen molar-refractivity contribution in [2.24, 2.45) is 0 Å². The van der Waals surface area contributed by atoms with Crippen LogP contribution in [-0.4, -0.2) is 26.7 Å². The summed E-state index contributed by atoms with van der Waals surface area (Å²) in [5.74, 6) is 1.36. The summed E-state index contributed by atoms with van der Waals surface area (Å²) in [6.07, 6.45) is 2.46. The Morgan fingerprint density at radius 2 is 1.94 bits per heavy atom. The number of amides is 1. The molecule has 0 saturated heterocycles. The minimum absolute atomic E-state index is 0.0377. The third-order valence-electron chi connectivity index (χ3n) is 2.67. The largest absolute Gasteiger partial charge is 0.493 e. The van der Waals surface area contributed by atoms with Gasteiger partial charge in [-0.05, 0) is 24.1 Å². The molecule has 4 nitrogen and oxygen atoms in total. The van der Waals surface area contributed by atoms with Crippen LogP contribution in [0.25, 0.3) is 0 Å². The van der Waals surface area contributed by atoms with Gasteiger partial charge in [0.2, 0.25) is 5.91 Å². The molecule has 4 heteroatoms. The Morgan fingerprint density at radius 3 is 2.56 bits per heavy atom. The first-order chi connectivity index (χ1) is 8.71. The molecule has 0 aliphatic rings. The SMILES string of the molecule is CCCCNC(=O)Cc1ccc(OC)c(OC)c1. The molecule has 0 fully saturated rings. The van der Waals surface area contributed by atoms with Crippen LogP contribution in [0.15, 0.2) is 18.2 Å². The van der Waals surface area contributed by atoms with Crippen molar-refractivity contribution < 1.29 is 14.3 Å². The summed E-state index contributed by atoms with van der Waals surface area (Å²) in [7, 11) is 3.18. The first kappa shape index (κ1) is 14.4. The van der Waals surface area contributed by atoms with E-state index in [1.54, 1.807) is 14.2 Å². The van der Waals surface area contributed by atoms with Gasteiger partial charge in [0, 0.05) is 6.54 Å². The van der Waals surface area contributed by atoms with Gasteiger partial charge in [-0.2, -0.15) is 0 Å². The van der Waals surface area contributed by atoms with Crippen molar-refractivity contribution in [1.82, 2.24) is 5.32 Å². The molecule has 0 heterocycles. The molecule has 1 aromatic carbocycles. The van der Waals surface area contributed by atoms with Crippen LogP contribution in [0.3, 0.4) is 0 Å². The van der Waals surface area contributed by atoms with Gasteiger partial charge >= 0.3 is 0 Å². The van der Waals surface area contributed by atoms with Gasteiger partial charge in [0.25, 0.3) is 0 Å². The van der Waals surface area contributed by atoms with Crippen molar-refractivity contribution in [2.75, 3.05) is 20.8 Å². The molecule has 0 radical (unpaired) electrons. The summed E-state index contributed by atoms with van der Waals surface area (Å²) in [6.45, 7) is 2.84. The molecular weight excluding hydrogens is 230 g/mol. The van der Waals surface area contributed by atoms with Crippen LogP contribution in [-0.2, 0) is 11.2 Å². The minimum Gasteiger partial charge on any atom is -0.493 e. The van der Waals surface area contributed by atoms with E-state index in [1.165, 1.54) is 0 Å². The van der Waals surface area contributed by atoms with E-state index in [2.05, 4.69) is 12.2 Å². The summed E-state index contributed by atoms with van der Waals surface area (Å²) in [4.78, 5) is 11.7.